The first kappa shape index (κ1) is 11.3. The number of aryl methyl sites for hydroxylation is 1. The molecule has 0 spiro atoms. The monoisotopic (exact) mass is 231 g/mol. The molecular formula is C12H13N3O2. The fourth-order valence-corrected chi connectivity index (χ4v) is 1.66. The molecule has 0 unspecified atom stereocenters. The summed E-state index contributed by atoms with van der Waals surface area (Å²) in [5.41, 5.74) is 6.79. The third-order valence-electron chi connectivity index (χ3n) is 2.45. The highest BCUT2D eigenvalue weighted by molar-refractivity contribution is 5.67. The Kier molecular flexibility index (Phi) is 2.93. The molecule has 88 valence electrons. The second-order valence-electron chi connectivity index (χ2n) is 3.78. The first-order valence-corrected chi connectivity index (χ1v) is 5.21. The average Bonchev–Trinajstić information content (AvgIpc) is 2.28. The summed E-state index contributed by atoms with van der Waals surface area (Å²) in [4.78, 5) is 18.2. The Morgan fingerprint density at radius 3 is 2.82 bits per heavy atom. The molecular weight excluding hydrogens is 218 g/mol. The van der Waals surface area contributed by atoms with Crippen LogP contribution in [0.2, 0.25) is 0 Å². The van der Waals surface area contributed by atoms with Crippen LogP contribution in [0.1, 0.15) is 11.4 Å². The van der Waals surface area contributed by atoms with Gasteiger partial charge in [-0.25, -0.2) is 0 Å². The molecule has 0 bridgehead atoms. The molecule has 1 aromatic heterocycles. The van der Waals surface area contributed by atoms with Crippen LogP contribution in [-0.4, -0.2) is 15.1 Å². The highest BCUT2D eigenvalue weighted by atomic mass is 16.3. The van der Waals surface area contributed by atoms with Gasteiger partial charge in [0.25, 0.3) is 5.56 Å². The maximum Gasteiger partial charge on any atom is 0.262 e. The largest absolute Gasteiger partial charge is 0.493 e. The van der Waals surface area contributed by atoms with Crippen LogP contribution in [0.4, 0.5) is 0 Å². The molecule has 17 heavy (non-hydrogen) atoms. The predicted octanol–water partition coefficient (Wildman–Crippen LogP) is 0.910. The SMILES string of the molecule is Cc1cccc(-c2c(O)nc(CN)[nH]c2=O)c1. The van der Waals surface area contributed by atoms with E-state index in [2.05, 4.69) is 9.97 Å². The van der Waals surface area contributed by atoms with Gasteiger partial charge in [-0.2, -0.15) is 4.98 Å². The number of nitrogens with one attached hydrogen (secondary N) is 1. The molecule has 0 aliphatic rings. The normalized spacial score (nSPS) is 10.5. The molecule has 5 nitrogen and oxygen atoms in total. The number of benzene rings is 1. The second kappa shape index (κ2) is 4.39. The minimum absolute atomic E-state index is 0.0803. The summed E-state index contributed by atoms with van der Waals surface area (Å²) in [5.74, 6) is -0.0243. The van der Waals surface area contributed by atoms with E-state index in [9.17, 15) is 9.90 Å². The number of aromatic nitrogens is 2. The minimum Gasteiger partial charge on any atom is -0.493 e. The van der Waals surface area contributed by atoms with Gasteiger partial charge in [-0.15, -0.1) is 0 Å². The van der Waals surface area contributed by atoms with Crippen molar-refractivity contribution in [2.45, 2.75) is 13.5 Å². The molecule has 1 aromatic carbocycles. The Labute approximate surface area is 98.0 Å². The number of hydrogen-bond donors (Lipinski definition) is 3. The van der Waals surface area contributed by atoms with E-state index in [1.165, 1.54) is 0 Å². The topological polar surface area (TPSA) is 92.0 Å². The zero-order valence-corrected chi connectivity index (χ0v) is 9.40. The summed E-state index contributed by atoms with van der Waals surface area (Å²) in [6.45, 7) is 1.99. The fraction of sp³-hybridized carbons (Fsp3) is 0.167. The highest BCUT2D eigenvalue weighted by Crippen LogP contribution is 2.23. The van der Waals surface area contributed by atoms with Gasteiger partial charge in [0.1, 0.15) is 11.4 Å². The fourth-order valence-electron chi connectivity index (χ4n) is 1.66. The number of nitrogens with two attached hydrogens (primary N) is 1. The third-order valence-corrected chi connectivity index (χ3v) is 2.45. The average molecular weight is 231 g/mol. The van der Waals surface area contributed by atoms with Crippen molar-refractivity contribution >= 4 is 0 Å². The first-order valence-electron chi connectivity index (χ1n) is 5.21. The van der Waals surface area contributed by atoms with Crippen molar-refractivity contribution in [1.82, 2.24) is 9.97 Å². The summed E-state index contributed by atoms with van der Waals surface area (Å²) < 4.78 is 0. The molecule has 4 N–H and O–H groups in total. The third kappa shape index (κ3) is 2.19. The van der Waals surface area contributed by atoms with E-state index in [1.807, 2.05) is 25.1 Å². The molecule has 0 amide bonds. The van der Waals surface area contributed by atoms with Crippen LogP contribution in [0.15, 0.2) is 29.1 Å². The standard InChI is InChI=1S/C12H13N3O2/c1-7-3-2-4-8(5-7)10-11(16)14-9(6-13)15-12(10)17/h2-5H,6,13H2,1H3,(H2,14,15,16,17). The summed E-state index contributed by atoms with van der Waals surface area (Å²) in [6.07, 6.45) is 0. The Balaban J connectivity index is 2.64. The van der Waals surface area contributed by atoms with E-state index >= 15 is 0 Å². The van der Waals surface area contributed by atoms with Gasteiger partial charge in [-0.3, -0.25) is 4.79 Å². The van der Waals surface area contributed by atoms with E-state index in [4.69, 9.17) is 5.73 Å². The lowest BCUT2D eigenvalue weighted by atomic mass is 10.1. The lowest BCUT2D eigenvalue weighted by molar-refractivity contribution is 0.450. The molecule has 0 saturated heterocycles. The van der Waals surface area contributed by atoms with Gasteiger partial charge >= 0.3 is 0 Å². The molecule has 2 rings (SSSR count). The van der Waals surface area contributed by atoms with Gasteiger partial charge in [-0.1, -0.05) is 29.8 Å². The Bertz CT molecular complexity index is 605. The van der Waals surface area contributed by atoms with Crippen LogP contribution in [0.5, 0.6) is 5.88 Å². The van der Waals surface area contributed by atoms with Crippen LogP contribution in [-0.2, 0) is 6.54 Å². The lowest BCUT2D eigenvalue weighted by Crippen LogP contribution is -2.16. The van der Waals surface area contributed by atoms with E-state index in [0.717, 1.165) is 5.56 Å². The summed E-state index contributed by atoms with van der Waals surface area (Å²) in [5, 5.41) is 9.76. The molecule has 0 fully saturated rings. The Hall–Kier alpha value is -2.14. The molecule has 2 aromatic rings. The van der Waals surface area contributed by atoms with Crippen LogP contribution >= 0.6 is 0 Å². The van der Waals surface area contributed by atoms with Gasteiger partial charge in [0.2, 0.25) is 5.88 Å². The number of rotatable bonds is 2. The molecule has 0 atom stereocenters. The van der Waals surface area contributed by atoms with E-state index in [0.29, 0.717) is 5.56 Å². The van der Waals surface area contributed by atoms with Crippen molar-refractivity contribution in [1.29, 1.82) is 0 Å². The van der Waals surface area contributed by atoms with Crippen molar-refractivity contribution in [3.8, 4) is 17.0 Å². The van der Waals surface area contributed by atoms with Gasteiger partial charge in [0.05, 0.1) is 6.54 Å². The Morgan fingerprint density at radius 1 is 1.47 bits per heavy atom. The minimum atomic E-state index is -0.386. The maximum absolute atomic E-state index is 11.8. The van der Waals surface area contributed by atoms with Crippen LogP contribution in [0.3, 0.4) is 0 Å². The zero-order chi connectivity index (χ0) is 12.4. The van der Waals surface area contributed by atoms with Gasteiger partial charge < -0.3 is 15.8 Å². The number of aromatic amines is 1. The number of H-pyrrole nitrogens is 1. The Morgan fingerprint density at radius 2 is 2.24 bits per heavy atom. The van der Waals surface area contributed by atoms with E-state index < -0.39 is 0 Å². The number of hydrogen-bond acceptors (Lipinski definition) is 4. The van der Waals surface area contributed by atoms with Gasteiger partial charge in [-0.05, 0) is 12.5 Å². The first-order chi connectivity index (χ1) is 8.11. The summed E-state index contributed by atoms with van der Waals surface area (Å²) in [7, 11) is 0. The molecule has 0 aliphatic heterocycles. The van der Waals surface area contributed by atoms with Gasteiger partial charge in [0.15, 0.2) is 0 Å². The summed E-state index contributed by atoms with van der Waals surface area (Å²) in [6, 6.07) is 7.30. The van der Waals surface area contributed by atoms with E-state index in [-0.39, 0.29) is 29.4 Å². The van der Waals surface area contributed by atoms with Crippen molar-refractivity contribution < 1.29 is 5.11 Å². The van der Waals surface area contributed by atoms with Crippen molar-refractivity contribution in [3.63, 3.8) is 0 Å². The van der Waals surface area contributed by atoms with Crippen LogP contribution in [0.25, 0.3) is 11.1 Å². The predicted molar refractivity (Wildman–Crippen MR) is 64.6 cm³/mol. The van der Waals surface area contributed by atoms with Crippen LogP contribution < -0.4 is 11.3 Å². The summed E-state index contributed by atoms with van der Waals surface area (Å²) >= 11 is 0. The van der Waals surface area contributed by atoms with E-state index in [1.54, 1.807) is 6.07 Å². The van der Waals surface area contributed by atoms with Crippen LogP contribution in [0, 0.1) is 6.92 Å². The molecule has 0 radical (unpaired) electrons. The maximum atomic E-state index is 11.8. The molecule has 0 aliphatic carbocycles. The second-order valence-corrected chi connectivity index (χ2v) is 3.78. The smallest absolute Gasteiger partial charge is 0.262 e. The van der Waals surface area contributed by atoms with Crippen molar-refractivity contribution in [3.05, 3.63) is 46.0 Å². The quantitative estimate of drug-likeness (QED) is 0.716. The molecule has 1 heterocycles. The highest BCUT2D eigenvalue weighted by Gasteiger charge is 2.12. The van der Waals surface area contributed by atoms with Gasteiger partial charge in [0, 0.05) is 0 Å². The van der Waals surface area contributed by atoms with Crippen molar-refractivity contribution in [2.75, 3.05) is 0 Å². The zero-order valence-electron chi connectivity index (χ0n) is 9.40. The molecule has 5 heteroatoms. The number of aromatic hydroxyl groups is 1. The number of nitrogens with zero attached hydrogens (tertiary/aromatic N) is 1. The van der Waals surface area contributed by atoms with Crippen molar-refractivity contribution in [2.24, 2.45) is 5.73 Å². The molecule has 0 saturated carbocycles. The lowest BCUT2D eigenvalue weighted by Gasteiger charge is -2.05.